The molecule has 0 saturated heterocycles. The van der Waals surface area contributed by atoms with Gasteiger partial charge in [-0.1, -0.05) is 29.3 Å². The molecule has 0 radical (unpaired) electrons. The molecule has 0 aromatic heterocycles. The zero-order valence-corrected chi connectivity index (χ0v) is 11.6. The third kappa shape index (κ3) is 3.06. The topological polar surface area (TPSA) is 55.1 Å². The molecule has 0 saturated carbocycles. The maximum atomic E-state index is 12.1. The van der Waals surface area contributed by atoms with Crippen LogP contribution in [-0.4, -0.2) is 5.91 Å². The molecular formula is C15H15ClN2O. The maximum Gasteiger partial charge on any atom is 0.257 e. The molecule has 0 aliphatic rings. The van der Waals surface area contributed by atoms with Gasteiger partial charge in [-0.05, 0) is 43.7 Å². The zero-order valence-electron chi connectivity index (χ0n) is 10.8. The van der Waals surface area contributed by atoms with Crippen LogP contribution in [0.5, 0.6) is 0 Å². The summed E-state index contributed by atoms with van der Waals surface area (Å²) in [5.74, 6) is -0.235. The second-order valence-electron chi connectivity index (χ2n) is 4.50. The number of amides is 1. The highest BCUT2D eigenvalue weighted by atomic mass is 35.5. The molecule has 19 heavy (non-hydrogen) atoms. The average Bonchev–Trinajstić information content (AvgIpc) is 2.32. The first-order chi connectivity index (χ1) is 8.97. The van der Waals surface area contributed by atoms with E-state index < -0.39 is 0 Å². The zero-order chi connectivity index (χ0) is 14.0. The molecule has 0 fully saturated rings. The Morgan fingerprint density at radius 2 is 1.89 bits per heavy atom. The van der Waals surface area contributed by atoms with E-state index in [2.05, 4.69) is 5.32 Å². The third-order valence-electron chi connectivity index (χ3n) is 2.89. The Labute approximate surface area is 117 Å². The second-order valence-corrected chi connectivity index (χ2v) is 4.94. The van der Waals surface area contributed by atoms with Gasteiger partial charge in [-0.15, -0.1) is 0 Å². The molecule has 0 aliphatic carbocycles. The van der Waals surface area contributed by atoms with Gasteiger partial charge in [0.05, 0.1) is 5.56 Å². The molecule has 4 heteroatoms. The van der Waals surface area contributed by atoms with Gasteiger partial charge in [0.15, 0.2) is 0 Å². The molecule has 2 rings (SSSR count). The van der Waals surface area contributed by atoms with Gasteiger partial charge < -0.3 is 11.1 Å². The van der Waals surface area contributed by atoms with Crippen LogP contribution in [0.4, 0.5) is 11.4 Å². The van der Waals surface area contributed by atoms with Crippen molar-refractivity contribution in [3.8, 4) is 0 Å². The van der Waals surface area contributed by atoms with E-state index in [1.54, 1.807) is 18.2 Å². The van der Waals surface area contributed by atoms with Crippen molar-refractivity contribution in [2.45, 2.75) is 13.8 Å². The van der Waals surface area contributed by atoms with Gasteiger partial charge in [0.1, 0.15) is 0 Å². The quantitative estimate of drug-likeness (QED) is 0.819. The van der Waals surface area contributed by atoms with E-state index in [1.807, 2.05) is 32.0 Å². The van der Waals surface area contributed by atoms with Gasteiger partial charge in [-0.2, -0.15) is 0 Å². The summed E-state index contributed by atoms with van der Waals surface area (Å²) in [6.07, 6.45) is 0. The first-order valence-corrected chi connectivity index (χ1v) is 6.29. The largest absolute Gasteiger partial charge is 0.398 e. The van der Waals surface area contributed by atoms with Gasteiger partial charge in [0.2, 0.25) is 0 Å². The fraction of sp³-hybridized carbons (Fsp3) is 0.133. The Morgan fingerprint density at radius 3 is 2.53 bits per heavy atom. The molecule has 2 aromatic carbocycles. The lowest BCUT2D eigenvalue weighted by atomic mass is 10.1. The molecule has 3 N–H and O–H groups in total. The van der Waals surface area contributed by atoms with E-state index in [0.717, 1.165) is 16.8 Å². The van der Waals surface area contributed by atoms with Gasteiger partial charge in [-0.3, -0.25) is 4.79 Å². The summed E-state index contributed by atoms with van der Waals surface area (Å²) in [7, 11) is 0. The Kier molecular flexibility index (Phi) is 3.76. The molecule has 0 atom stereocenters. The van der Waals surface area contributed by atoms with Crippen LogP contribution >= 0.6 is 11.6 Å². The first-order valence-electron chi connectivity index (χ1n) is 5.91. The van der Waals surface area contributed by atoms with Crippen LogP contribution in [0.3, 0.4) is 0 Å². The first kappa shape index (κ1) is 13.4. The number of anilines is 2. The molecule has 0 bridgehead atoms. The monoisotopic (exact) mass is 274 g/mol. The summed E-state index contributed by atoms with van der Waals surface area (Å²) in [5, 5.41) is 3.37. The summed E-state index contributed by atoms with van der Waals surface area (Å²) in [6, 6.07) is 10.7. The lowest BCUT2D eigenvalue weighted by Gasteiger charge is -2.10. The van der Waals surface area contributed by atoms with Crippen molar-refractivity contribution in [2.75, 3.05) is 11.1 Å². The highest BCUT2D eigenvalue weighted by molar-refractivity contribution is 6.31. The predicted octanol–water partition coefficient (Wildman–Crippen LogP) is 3.79. The number of nitrogens with one attached hydrogen (secondary N) is 1. The number of halogens is 1. The Balaban J connectivity index is 2.25. The molecular weight excluding hydrogens is 260 g/mol. The number of hydrogen-bond donors (Lipinski definition) is 2. The van der Waals surface area contributed by atoms with E-state index in [-0.39, 0.29) is 5.91 Å². The molecule has 1 amide bonds. The highest BCUT2D eigenvalue weighted by Gasteiger charge is 2.11. The van der Waals surface area contributed by atoms with Crippen molar-refractivity contribution in [3.63, 3.8) is 0 Å². The van der Waals surface area contributed by atoms with Crippen molar-refractivity contribution in [1.82, 2.24) is 0 Å². The molecule has 0 heterocycles. The van der Waals surface area contributed by atoms with Gasteiger partial charge in [0.25, 0.3) is 5.91 Å². The van der Waals surface area contributed by atoms with E-state index in [9.17, 15) is 4.79 Å². The van der Waals surface area contributed by atoms with Gasteiger partial charge in [-0.25, -0.2) is 0 Å². The number of benzene rings is 2. The van der Waals surface area contributed by atoms with Crippen molar-refractivity contribution in [3.05, 3.63) is 58.1 Å². The summed E-state index contributed by atoms with van der Waals surface area (Å²) in [6.45, 7) is 3.96. The molecule has 0 spiro atoms. The minimum Gasteiger partial charge on any atom is -0.398 e. The van der Waals surface area contributed by atoms with Crippen molar-refractivity contribution in [1.29, 1.82) is 0 Å². The maximum absolute atomic E-state index is 12.1. The van der Waals surface area contributed by atoms with Crippen molar-refractivity contribution >= 4 is 28.9 Å². The Morgan fingerprint density at radius 1 is 1.16 bits per heavy atom. The van der Waals surface area contributed by atoms with Crippen molar-refractivity contribution in [2.24, 2.45) is 0 Å². The molecule has 3 nitrogen and oxygen atoms in total. The number of aryl methyl sites for hydroxylation is 2. The normalized spacial score (nSPS) is 10.3. The molecule has 0 aliphatic heterocycles. The van der Waals surface area contributed by atoms with Crippen LogP contribution in [0, 0.1) is 13.8 Å². The minimum atomic E-state index is -0.235. The van der Waals surface area contributed by atoms with Crippen LogP contribution in [0.2, 0.25) is 5.02 Å². The number of carbonyl (C=O) groups is 1. The second kappa shape index (κ2) is 5.33. The summed E-state index contributed by atoms with van der Waals surface area (Å²) >= 11 is 5.81. The minimum absolute atomic E-state index is 0.235. The van der Waals surface area contributed by atoms with Crippen LogP contribution < -0.4 is 11.1 Å². The van der Waals surface area contributed by atoms with E-state index in [0.29, 0.717) is 16.3 Å². The number of hydrogen-bond acceptors (Lipinski definition) is 2. The van der Waals surface area contributed by atoms with Crippen LogP contribution in [-0.2, 0) is 0 Å². The lowest BCUT2D eigenvalue weighted by Crippen LogP contribution is -2.14. The lowest BCUT2D eigenvalue weighted by molar-refractivity contribution is 0.102. The Hall–Kier alpha value is -2.00. The smallest absolute Gasteiger partial charge is 0.257 e. The van der Waals surface area contributed by atoms with Crippen LogP contribution in [0.25, 0.3) is 0 Å². The van der Waals surface area contributed by atoms with Gasteiger partial charge in [0, 0.05) is 16.4 Å². The number of rotatable bonds is 2. The van der Waals surface area contributed by atoms with Crippen LogP contribution in [0.15, 0.2) is 36.4 Å². The Bertz CT molecular complexity index is 638. The van der Waals surface area contributed by atoms with E-state index in [1.165, 1.54) is 0 Å². The molecule has 98 valence electrons. The molecule has 0 unspecified atom stereocenters. The highest BCUT2D eigenvalue weighted by Crippen LogP contribution is 2.21. The third-order valence-corrected chi connectivity index (χ3v) is 3.12. The van der Waals surface area contributed by atoms with Gasteiger partial charge >= 0.3 is 0 Å². The standard InChI is InChI=1S/C15H15ClN2O/c1-9-3-6-14(10(2)7-9)18-15(19)12-5-4-11(16)8-13(12)17/h3-8H,17H2,1-2H3,(H,18,19). The van der Waals surface area contributed by atoms with Crippen LogP contribution in [0.1, 0.15) is 21.5 Å². The van der Waals surface area contributed by atoms with E-state index >= 15 is 0 Å². The fourth-order valence-electron chi connectivity index (χ4n) is 1.88. The number of nitrogen functional groups attached to an aromatic ring is 1. The summed E-state index contributed by atoms with van der Waals surface area (Å²) in [4.78, 5) is 12.1. The van der Waals surface area contributed by atoms with Crippen molar-refractivity contribution < 1.29 is 4.79 Å². The summed E-state index contributed by atoms with van der Waals surface area (Å²) in [5.41, 5.74) is 9.53. The SMILES string of the molecule is Cc1ccc(NC(=O)c2ccc(Cl)cc2N)c(C)c1. The number of carbonyl (C=O) groups excluding carboxylic acids is 1. The predicted molar refractivity (Wildman–Crippen MR) is 79.7 cm³/mol. The fourth-order valence-corrected chi connectivity index (χ4v) is 2.06. The summed E-state index contributed by atoms with van der Waals surface area (Å²) < 4.78 is 0. The average molecular weight is 275 g/mol. The molecule has 2 aromatic rings. The van der Waals surface area contributed by atoms with E-state index in [4.69, 9.17) is 17.3 Å². The number of nitrogens with two attached hydrogens (primary N) is 1.